The number of para-hydroxylation sites is 2. The second kappa shape index (κ2) is 7.53. The van der Waals surface area contributed by atoms with E-state index >= 15 is 0 Å². The molecular formula is C29H20Cl2N4O3. The number of anilines is 1. The summed E-state index contributed by atoms with van der Waals surface area (Å²) in [5.41, 5.74) is 1.22. The Labute approximate surface area is 227 Å². The van der Waals surface area contributed by atoms with Crippen LogP contribution in [-0.4, -0.2) is 38.9 Å². The minimum Gasteiger partial charge on any atom is -0.283 e. The van der Waals surface area contributed by atoms with Crippen LogP contribution in [0.5, 0.6) is 0 Å². The van der Waals surface area contributed by atoms with Crippen molar-refractivity contribution >= 4 is 51.6 Å². The van der Waals surface area contributed by atoms with Gasteiger partial charge in [0, 0.05) is 16.6 Å². The quantitative estimate of drug-likeness (QED) is 0.330. The van der Waals surface area contributed by atoms with E-state index in [1.54, 1.807) is 22.8 Å². The molecule has 0 bridgehead atoms. The van der Waals surface area contributed by atoms with E-state index in [4.69, 9.17) is 28.2 Å². The summed E-state index contributed by atoms with van der Waals surface area (Å²) in [5.74, 6) is -1.43. The molecule has 0 aliphatic carbocycles. The van der Waals surface area contributed by atoms with Gasteiger partial charge in [0.2, 0.25) is 11.8 Å². The lowest BCUT2D eigenvalue weighted by atomic mass is 9.75. The van der Waals surface area contributed by atoms with Crippen molar-refractivity contribution in [2.75, 3.05) is 11.4 Å². The van der Waals surface area contributed by atoms with Crippen molar-refractivity contribution in [3.05, 3.63) is 98.5 Å². The van der Waals surface area contributed by atoms with Crippen LogP contribution in [0.2, 0.25) is 10.0 Å². The Hall–Kier alpha value is -3.52. The van der Waals surface area contributed by atoms with Gasteiger partial charge < -0.3 is 0 Å². The molecule has 4 aliphatic rings. The third-order valence-corrected chi connectivity index (χ3v) is 9.33. The van der Waals surface area contributed by atoms with Gasteiger partial charge >= 0.3 is 0 Å². The van der Waals surface area contributed by atoms with Gasteiger partial charge in [-0.3, -0.25) is 23.9 Å². The van der Waals surface area contributed by atoms with Gasteiger partial charge in [-0.15, -0.1) is 0 Å². The van der Waals surface area contributed by atoms with Crippen molar-refractivity contribution in [3.63, 3.8) is 0 Å². The average Bonchev–Trinajstić information content (AvgIpc) is 3.62. The van der Waals surface area contributed by atoms with Crippen LogP contribution in [0.25, 0.3) is 16.6 Å². The maximum atomic E-state index is 14.5. The molecule has 3 saturated heterocycles. The first-order valence-corrected chi connectivity index (χ1v) is 13.4. The monoisotopic (exact) mass is 542 g/mol. The first-order chi connectivity index (χ1) is 18.4. The molecule has 1 spiro atoms. The Morgan fingerprint density at radius 1 is 0.895 bits per heavy atom. The van der Waals surface area contributed by atoms with Gasteiger partial charge in [-0.05, 0) is 55.8 Å². The number of carbonyl (C=O) groups excluding carboxylic acids is 2. The molecule has 0 N–H and O–H groups in total. The van der Waals surface area contributed by atoms with Gasteiger partial charge in [-0.25, -0.2) is 9.88 Å². The predicted molar refractivity (Wildman–Crippen MR) is 144 cm³/mol. The molecule has 38 heavy (non-hydrogen) atoms. The summed E-state index contributed by atoms with van der Waals surface area (Å²) in [5, 5.41) is 1.17. The molecule has 188 valence electrons. The molecule has 3 aromatic carbocycles. The molecule has 8 rings (SSSR count). The Balaban J connectivity index is 1.45. The van der Waals surface area contributed by atoms with Gasteiger partial charge in [0.25, 0.3) is 5.56 Å². The second-order valence-corrected chi connectivity index (χ2v) is 11.2. The number of hydrogen-bond acceptors (Lipinski definition) is 5. The van der Waals surface area contributed by atoms with E-state index < -0.39 is 17.4 Å². The van der Waals surface area contributed by atoms with E-state index in [0.29, 0.717) is 39.7 Å². The molecule has 4 aliphatic heterocycles. The first-order valence-electron chi connectivity index (χ1n) is 12.7. The zero-order valence-corrected chi connectivity index (χ0v) is 21.5. The second-order valence-electron chi connectivity index (χ2n) is 10.4. The number of halogens is 2. The molecule has 4 atom stereocenters. The average molecular weight is 543 g/mol. The van der Waals surface area contributed by atoms with Gasteiger partial charge in [0.15, 0.2) is 0 Å². The number of amides is 2. The number of imide groups is 1. The minimum absolute atomic E-state index is 0.157. The van der Waals surface area contributed by atoms with Crippen LogP contribution < -0.4 is 10.5 Å². The summed E-state index contributed by atoms with van der Waals surface area (Å²) in [6.07, 6.45) is 1.67. The van der Waals surface area contributed by atoms with Crippen LogP contribution >= 0.6 is 23.2 Å². The number of rotatable bonds is 1. The SMILES string of the molecule is O=C1[C@H]2[C@@H]3CCCN3[C@@]3(c4ccccc4-n4c3nc3ccccc3c4=O)[C@H]2C(=O)N1c1ccc(Cl)cc1Cl. The number of hydrogen-bond donors (Lipinski definition) is 0. The number of fused-ring (bicyclic) bond motifs is 11. The van der Waals surface area contributed by atoms with Crippen molar-refractivity contribution in [3.8, 4) is 5.69 Å². The predicted octanol–water partition coefficient (Wildman–Crippen LogP) is 4.53. The summed E-state index contributed by atoms with van der Waals surface area (Å²) in [4.78, 5) is 51.1. The summed E-state index contributed by atoms with van der Waals surface area (Å²) in [7, 11) is 0. The molecule has 0 radical (unpaired) electrons. The Morgan fingerprint density at radius 2 is 1.68 bits per heavy atom. The van der Waals surface area contributed by atoms with Crippen molar-refractivity contribution in [2.24, 2.45) is 11.8 Å². The van der Waals surface area contributed by atoms with Crippen molar-refractivity contribution in [2.45, 2.75) is 24.4 Å². The molecule has 5 heterocycles. The number of nitrogens with zero attached hydrogens (tertiary/aromatic N) is 4. The summed E-state index contributed by atoms with van der Waals surface area (Å²) in [6, 6.07) is 19.6. The molecular weight excluding hydrogens is 523 g/mol. The minimum atomic E-state index is -1.05. The third-order valence-electron chi connectivity index (χ3n) is 8.79. The standard InChI is InChI=1S/C29H20Cl2N4O3/c30-15-11-12-21(18(31)14-15)34-26(37)23-22-10-5-13-33(22)29(24(23)27(34)38)17-7-2-4-9-20(17)35-25(36)16-6-1-3-8-19(16)32-28(29)35/h1-4,6-9,11-12,14,22-24H,5,10,13H2/t22-,23-,24+,29-/m0/s1. The van der Waals surface area contributed by atoms with Crippen LogP contribution in [0.4, 0.5) is 5.69 Å². The molecule has 0 unspecified atom stereocenters. The lowest BCUT2D eigenvalue weighted by molar-refractivity contribution is -0.124. The van der Waals surface area contributed by atoms with Crippen LogP contribution in [-0.2, 0) is 15.1 Å². The van der Waals surface area contributed by atoms with E-state index in [1.807, 2.05) is 42.5 Å². The number of benzene rings is 3. The normalized spacial score (nSPS) is 27.3. The topological polar surface area (TPSA) is 75.5 Å². The maximum absolute atomic E-state index is 14.5. The van der Waals surface area contributed by atoms with Crippen molar-refractivity contribution < 1.29 is 9.59 Å². The van der Waals surface area contributed by atoms with Crippen LogP contribution in [0.1, 0.15) is 24.2 Å². The molecule has 4 aromatic rings. The van der Waals surface area contributed by atoms with E-state index in [-0.39, 0.29) is 28.4 Å². The first kappa shape index (κ1) is 22.5. The zero-order valence-electron chi connectivity index (χ0n) is 20.0. The molecule has 9 heteroatoms. The smallest absolute Gasteiger partial charge is 0.266 e. The van der Waals surface area contributed by atoms with E-state index in [0.717, 1.165) is 18.4 Å². The van der Waals surface area contributed by atoms with E-state index in [9.17, 15) is 14.4 Å². The van der Waals surface area contributed by atoms with Gasteiger partial charge in [-0.1, -0.05) is 53.5 Å². The Kier molecular flexibility index (Phi) is 4.45. The molecule has 7 nitrogen and oxygen atoms in total. The summed E-state index contributed by atoms with van der Waals surface area (Å²) >= 11 is 12.6. The highest BCUT2D eigenvalue weighted by molar-refractivity contribution is 6.38. The maximum Gasteiger partial charge on any atom is 0.266 e. The van der Waals surface area contributed by atoms with E-state index in [1.165, 1.54) is 11.0 Å². The van der Waals surface area contributed by atoms with E-state index in [2.05, 4.69) is 4.90 Å². The Bertz CT molecular complexity index is 1800. The fraction of sp³-hybridized carbons (Fsp3) is 0.241. The van der Waals surface area contributed by atoms with Gasteiger partial charge in [-0.2, -0.15) is 0 Å². The Morgan fingerprint density at radius 3 is 2.53 bits per heavy atom. The largest absolute Gasteiger partial charge is 0.283 e. The van der Waals surface area contributed by atoms with Crippen molar-refractivity contribution in [1.29, 1.82) is 0 Å². The highest BCUT2D eigenvalue weighted by Crippen LogP contribution is 2.62. The van der Waals surface area contributed by atoms with Crippen LogP contribution in [0.3, 0.4) is 0 Å². The van der Waals surface area contributed by atoms with Gasteiger partial charge in [0.1, 0.15) is 11.4 Å². The van der Waals surface area contributed by atoms with Crippen molar-refractivity contribution in [1.82, 2.24) is 14.5 Å². The number of aromatic nitrogens is 2. The lowest BCUT2D eigenvalue weighted by Crippen LogP contribution is -2.51. The van der Waals surface area contributed by atoms with Crippen LogP contribution in [0.15, 0.2) is 71.5 Å². The fourth-order valence-electron chi connectivity index (χ4n) is 7.51. The fourth-order valence-corrected chi connectivity index (χ4v) is 8.01. The third kappa shape index (κ3) is 2.50. The summed E-state index contributed by atoms with van der Waals surface area (Å²) in [6.45, 7) is 0.705. The summed E-state index contributed by atoms with van der Waals surface area (Å²) < 4.78 is 1.66. The highest BCUT2D eigenvalue weighted by Gasteiger charge is 2.73. The molecule has 2 amide bonds. The lowest BCUT2D eigenvalue weighted by Gasteiger charge is -2.38. The molecule has 0 saturated carbocycles. The van der Waals surface area contributed by atoms with Gasteiger partial charge in [0.05, 0.1) is 39.1 Å². The zero-order chi connectivity index (χ0) is 25.9. The van der Waals surface area contributed by atoms with Crippen LogP contribution in [0, 0.1) is 11.8 Å². The molecule has 1 aromatic heterocycles. The highest BCUT2D eigenvalue weighted by atomic mass is 35.5. The molecule has 3 fully saturated rings. The number of carbonyl (C=O) groups is 2.